The molecule has 0 amide bonds. The Hall–Kier alpha value is -1.75. The number of hydrogen-bond acceptors (Lipinski definition) is 3. The third-order valence-corrected chi connectivity index (χ3v) is 5.36. The maximum absolute atomic E-state index is 12.0. The molecule has 6 heteroatoms. The Balaban J connectivity index is 2.16. The van der Waals surface area contributed by atoms with Gasteiger partial charge in [-0.1, -0.05) is 41.8 Å². The Morgan fingerprint density at radius 3 is 2.70 bits per heavy atom. The fourth-order valence-electron chi connectivity index (χ4n) is 3.77. The third-order valence-electron chi connectivity index (χ3n) is 4.89. The summed E-state index contributed by atoms with van der Waals surface area (Å²) < 4.78 is 5.85. The van der Waals surface area contributed by atoms with Gasteiger partial charge in [0.05, 0.1) is 12.6 Å². The average Bonchev–Trinajstić information content (AvgIpc) is 2.64. The highest BCUT2D eigenvalue weighted by molar-refractivity contribution is 6.31. The molecule has 0 saturated carbocycles. The molecule has 1 aliphatic rings. The van der Waals surface area contributed by atoms with Crippen molar-refractivity contribution in [2.75, 3.05) is 13.2 Å². The summed E-state index contributed by atoms with van der Waals surface area (Å²) in [5, 5.41) is 11.0. The van der Waals surface area contributed by atoms with Gasteiger partial charge >= 0.3 is 5.97 Å². The first-order chi connectivity index (χ1) is 13.0. The first-order valence-electron chi connectivity index (χ1n) is 9.17. The molecule has 4 nitrogen and oxygen atoms in total. The summed E-state index contributed by atoms with van der Waals surface area (Å²) in [7, 11) is 0. The zero-order chi connectivity index (χ0) is 19.4. The molecule has 0 aliphatic carbocycles. The zero-order valence-electron chi connectivity index (χ0n) is 15.2. The van der Waals surface area contributed by atoms with Crippen LogP contribution >= 0.6 is 23.2 Å². The second-order valence-corrected chi connectivity index (χ2v) is 7.53. The molecule has 1 N–H and O–H groups in total. The summed E-state index contributed by atoms with van der Waals surface area (Å²) in [5.74, 6) is -0.0942. The van der Waals surface area contributed by atoms with Crippen LogP contribution in [0.2, 0.25) is 10.0 Å². The summed E-state index contributed by atoms with van der Waals surface area (Å²) in [5.41, 5.74) is 1.79. The summed E-state index contributed by atoms with van der Waals surface area (Å²) in [6, 6.07) is 12.2. The van der Waals surface area contributed by atoms with E-state index in [0.29, 0.717) is 35.4 Å². The summed E-state index contributed by atoms with van der Waals surface area (Å²) in [4.78, 5) is 14.0. The third kappa shape index (κ3) is 4.57. The highest BCUT2D eigenvalue weighted by Crippen LogP contribution is 2.40. The minimum Gasteiger partial charge on any atom is -0.494 e. The van der Waals surface area contributed by atoms with Gasteiger partial charge in [-0.2, -0.15) is 0 Å². The SMILES string of the molecule is CCOc1ccc(Cl)cc1C(c1cccc(Cl)c1)N1CCCCC1C(=O)O. The van der Waals surface area contributed by atoms with Gasteiger partial charge < -0.3 is 9.84 Å². The van der Waals surface area contributed by atoms with E-state index in [1.54, 1.807) is 6.07 Å². The molecule has 0 bridgehead atoms. The number of carboxylic acid groups (broad SMARTS) is 1. The van der Waals surface area contributed by atoms with E-state index in [1.807, 2.05) is 48.2 Å². The van der Waals surface area contributed by atoms with Gasteiger partial charge in [-0.25, -0.2) is 0 Å². The van der Waals surface area contributed by atoms with Crippen LogP contribution in [-0.4, -0.2) is 35.2 Å². The van der Waals surface area contributed by atoms with Crippen molar-refractivity contribution in [3.63, 3.8) is 0 Å². The molecule has 1 aliphatic heterocycles. The van der Waals surface area contributed by atoms with Crippen molar-refractivity contribution >= 4 is 29.2 Å². The van der Waals surface area contributed by atoms with Crippen molar-refractivity contribution in [1.82, 2.24) is 4.90 Å². The van der Waals surface area contributed by atoms with Crippen LogP contribution in [0.1, 0.15) is 43.4 Å². The van der Waals surface area contributed by atoms with E-state index in [9.17, 15) is 9.90 Å². The normalized spacial score (nSPS) is 18.9. The number of piperidine rings is 1. The van der Waals surface area contributed by atoms with E-state index in [1.165, 1.54) is 0 Å². The maximum atomic E-state index is 12.0. The minimum atomic E-state index is -0.804. The number of ether oxygens (including phenoxy) is 1. The number of nitrogens with zero attached hydrogens (tertiary/aromatic N) is 1. The number of benzene rings is 2. The molecule has 2 unspecified atom stereocenters. The van der Waals surface area contributed by atoms with Gasteiger partial charge in [0.15, 0.2) is 0 Å². The van der Waals surface area contributed by atoms with Crippen molar-refractivity contribution in [3.05, 3.63) is 63.6 Å². The van der Waals surface area contributed by atoms with E-state index in [0.717, 1.165) is 24.0 Å². The van der Waals surface area contributed by atoms with Crippen LogP contribution in [0.5, 0.6) is 5.75 Å². The average molecular weight is 408 g/mol. The second kappa shape index (κ2) is 8.96. The van der Waals surface area contributed by atoms with Crippen LogP contribution in [0.4, 0.5) is 0 Å². The van der Waals surface area contributed by atoms with Gasteiger partial charge in [-0.05, 0) is 62.2 Å². The van der Waals surface area contributed by atoms with Crippen LogP contribution in [-0.2, 0) is 4.79 Å². The molecule has 2 aromatic carbocycles. The lowest BCUT2D eigenvalue weighted by Gasteiger charge is -2.40. The van der Waals surface area contributed by atoms with Gasteiger partial charge in [-0.3, -0.25) is 9.69 Å². The highest BCUT2D eigenvalue weighted by Gasteiger charge is 2.36. The second-order valence-electron chi connectivity index (χ2n) is 6.66. The lowest BCUT2D eigenvalue weighted by atomic mass is 9.91. The molecule has 1 fully saturated rings. The van der Waals surface area contributed by atoms with Crippen molar-refractivity contribution in [1.29, 1.82) is 0 Å². The van der Waals surface area contributed by atoms with Gasteiger partial charge in [0, 0.05) is 15.6 Å². The largest absolute Gasteiger partial charge is 0.494 e. The summed E-state index contributed by atoms with van der Waals surface area (Å²) >= 11 is 12.6. The molecular weight excluding hydrogens is 385 g/mol. The lowest BCUT2D eigenvalue weighted by molar-refractivity contribution is -0.145. The van der Waals surface area contributed by atoms with Crippen LogP contribution in [0.3, 0.4) is 0 Å². The Morgan fingerprint density at radius 2 is 2.00 bits per heavy atom. The van der Waals surface area contributed by atoms with Crippen molar-refractivity contribution < 1.29 is 14.6 Å². The quantitative estimate of drug-likeness (QED) is 0.694. The Morgan fingerprint density at radius 1 is 1.22 bits per heavy atom. The van der Waals surface area contributed by atoms with Crippen LogP contribution in [0.15, 0.2) is 42.5 Å². The van der Waals surface area contributed by atoms with Crippen molar-refractivity contribution in [2.45, 2.75) is 38.3 Å². The summed E-state index contributed by atoms with van der Waals surface area (Å²) in [6.45, 7) is 3.12. The smallest absolute Gasteiger partial charge is 0.320 e. The zero-order valence-corrected chi connectivity index (χ0v) is 16.7. The standard InChI is InChI=1S/C21H23Cl2NO3/c1-2-27-19-10-9-16(23)13-17(19)20(14-6-5-7-15(22)12-14)24-11-4-3-8-18(24)21(25)26/h5-7,9-10,12-13,18,20H,2-4,8,11H2,1H3,(H,25,26). The molecule has 1 heterocycles. The first kappa shape index (κ1) is 20.0. The predicted molar refractivity (Wildman–Crippen MR) is 108 cm³/mol. The number of hydrogen-bond donors (Lipinski definition) is 1. The predicted octanol–water partition coefficient (Wildman–Crippen LogP) is 5.42. The van der Waals surface area contributed by atoms with Gasteiger partial charge in [0.1, 0.15) is 11.8 Å². The van der Waals surface area contributed by atoms with Crippen molar-refractivity contribution in [2.24, 2.45) is 0 Å². The van der Waals surface area contributed by atoms with Gasteiger partial charge in [-0.15, -0.1) is 0 Å². The fraction of sp³-hybridized carbons (Fsp3) is 0.381. The van der Waals surface area contributed by atoms with E-state index < -0.39 is 12.0 Å². The molecule has 2 aromatic rings. The fourth-order valence-corrected chi connectivity index (χ4v) is 4.15. The first-order valence-corrected chi connectivity index (χ1v) is 9.93. The molecule has 0 radical (unpaired) electrons. The Bertz CT molecular complexity index is 812. The van der Waals surface area contributed by atoms with Crippen LogP contribution in [0.25, 0.3) is 0 Å². The lowest BCUT2D eigenvalue weighted by Crippen LogP contribution is -2.46. The van der Waals surface area contributed by atoms with Crippen LogP contribution < -0.4 is 4.74 Å². The minimum absolute atomic E-state index is 0.301. The van der Waals surface area contributed by atoms with Gasteiger partial charge in [0.25, 0.3) is 0 Å². The molecule has 0 aromatic heterocycles. The highest BCUT2D eigenvalue weighted by atomic mass is 35.5. The summed E-state index contributed by atoms with van der Waals surface area (Å²) in [6.07, 6.45) is 2.48. The number of carboxylic acids is 1. The Kier molecular flexibility index (Phi) is 6.64. The van der Waals surface area contributed by atoms with E-state index >= 15 is 0 Å². The number of carbonyl (C=O) groups is 1. The number of rotatable bonds is 6. The molecule has 144 valence electrons. The molecule has 27 heavy (non-hydrogen) atoms. The molecule has 2 atom stereocenters. The molecular formula is C21H23Cl2NO3. The number of aliphatic carboxylic acids is 1. The molecule has 3 rings (SSSR count). The van der Waals surface area contributed by atoms with E-state index in [4.69, 9.17) is 27.9 Å². The maximum Gasteiger partial charge on any atom is 0.320 e. The Labute approximate surface area is 169 Å². The molecule has 0 spiro atoms. The van der Waals surface area contributed by atoms with Crippen molar-refractivity contribution in [3.8, 4) is 5.75 Å². The van der Waals surface area contributed by atoms with Crippen LogP contribution in [0, 0.1) is 0 Å². The number of halogens is 2. The molecule has 1 saturated heterocycles. The monoisotopic (exact) mass is 407 g/mol. The van der Waals surface area contributed by atoms with Gasteiger partial charge in [0.2, 0.25) is 0 Å². The topological polar surface area (TPSA) is 49.8 Å². The van der Waals surface area contributed by atoms with E-state index in [-0.39, 0.29) is 6.04 Å². The van der Waals surface area contributed by atoms with E-state index in [2.05, 4.69) is 0 Å². The number of likely N-dealkylation sites (tertiary alicyclic amines) is 1.